The maximum atomic E-state index is 10.2. The predicted octanol–water partition coefficient (Wildman–Crippen LogP) is 4.88. The van der Waals surface area contributed by atoms with Crippen LogP contribution in [0, 0.1) is 13.8 Å². The number of para-hydroxylation sites is 1. The fraction of sp³-hybridized carbons (Fsp3) is 0.278. The molecule has 104 valence electrons. The average molecular weight is 267 g/mol. The fourth-order valence-electron chi connectivity index (χ4n) is 2.16. The van der Waals surface area contributed by atoms with Crippen molar-refractivity contribution < 1.29 is 5.11 Å². The standard InChI is InChI=1S/C18H21NO/c1-12(2)16-6-5-7-17(18(16)20)19-11-15-10-13(3)8-9-14(15)4/h5-12,20H,1-4H3. The van der Waals surface area contributed by atoms with Gasteiger partial charge in [-0.05, 0) is 42.5 Å². The monoisotopic (exact) mass is 267 g/mol. The van der Waals surface area contributed by atoms with Crippen LogP contribution in [-0.2, 0) is 0 Å². The molecule has 0 unspecified atom stereocenters. The molecule has 0 saturated carbocycles. The second-order valence-electron chi connectivity index (χ2n) is 5.49. The third kappa shape index (κ3) is 3.08. The molecule has 0 saturated heterocycles. The Morgan fingerprint density at radius 1 is 1.10 bits per heavy atom. The van der Waals surface area contributed by atoms with Crippen LogP contribution in [-0.4, -0.2) is 11.3 Å². The van der Waals surface area contributed by atoms with Gasteiger partial charge in [0, 0.05) is 6.21 Å². The number of rotatable bonds is 3. The first-order chi connectivity index (χ1) is 9.49. The molecule has 0 radical (unpaired) electrons. The van der Waals surface area contributed by atoms with Gasteiger partial charge in [-0.2, -0.15) is 0 Å². The van der Waals surface area contributed by atoms with Crippen molar-refractivity contribution in [3.63, 3.8) is 0 Å². The summed E-state index contributed by atoms with van der Waals surface area (Å²) in [6, 6.07) is 12.0. The molecule has 1 N–H and O–H groups in total. The fourth-order valence-corrected chi connectivity index (χ4v) is 2.16. The molecule has 0 spiro atoms. The maximum Gasteiger partial charge on any atom is 0.144 e. The first-order valence-electron chi connectivity index (χ1n) is 6.92. The number of hydrogen-bond donors (Lipinski definition) is 1. The first-order valence-corrected chi connectivity index (χ1v) is 6.92. The first kappa shape index (κ1) is 14.3. The Morgan fingerprint density at radius 2 is 1.85 bits per heavy atom. The maximum absolute atomic E-state index is 10.2. The molecule has 0 fully saturated rings. The molecule has 0 aromatic heterocycles. The molecular weight excluding hydrogens is 246 g/mol. The van der Waals surface area contributed by atoms with E-state index < -0.39 is 0 Å². The molecule has 0 heterocycles. The van der Waals surface area contributed by atoms with Gasteiger partial charge >= 0.3 is 0 Å². The molecule has 0 atom stereocenters. The summed E-state index contributed by atoms with van der Waals surface area (Å²) in [6.45, 7) is 8.25. The molecule has 0 bridgehead atoms. The molecular formula is C18H21NO. The van der Waals surface area contributed by atoms with Gasteiger partial charge in [0.05, 0.1) is 0 Å². The number of aromatic hydroxyl groups is 1. The van der Waals surface area contributed by atoms with E-state index in [1.807, 2.05) is 24.4 Å². The molecule has 0 aliphatic carbocycles. The zero-order chi connectivity index (χ0) is 14.7. The summed E-state index contributed by atoms with van der Waals surface area (Å²) in [5, 5.41) is 10.2. The number of phenolic OH excluding ortho intramolecular Hbond substituents is 1. The minimum atomic E-state index is 0.282. The van der Waals surface area contributed by atoms with E-state index in [1.54, 1.807) is 0 Å². The van der Waals surface area contributed by atoms with E-state index >= 15 is 0 Å². The van der Waals surface area contributed by atoms with E-state index in [4.69, 9.17) is 0 Å². The minimum absolute atomic E-state index is 0.282. The highest BCUT2D eigenvalue weighted by atomic mass is 16.3. The zero-order valence-corrected chi connectivity index (χ0v) is 12.5. The van der Waals surface area contributed by atoms with Crippen molar-refractivity contribution >= 4 is 11.9 Å². The lowest BCUT2D eigenvalue weighted by molar-refractivity contribution is 0.466. The van der Waals surface area contributed by atoms with Crippen molar-refractivity contribution in [3.05, 3.63) is 58.7 Å². The van der Waals surface area contributed by atoms with Crippen molar-refractivity contribution in [1.82, 2.24) is 0 Å². The Hall–Kier alpha value is -2.09. The van der Waals surface area contributed by atoms with Gasteiger partial charge in [-0.3, -0.25) is 4.99 Å². The molecule has 2 rings (SSSR count). The van der Waals surface area contributed by atoms with Crippen LogP contribution < -0.4 is 0 Å². The number of benzene rings is 2. The molecule has 0 aliphatic rings. The van der Waals surface area contributed by atoms with Crippen molar-refractivity contribution in [1.29, 1.82) is 0 Å². The summed E-state index contributed by atoms with van der Waals surface area (Å²) in [6.07, 6.45) is 1.82. The normalized spacial score (nSPS) is 11.4. The SMILES string of the molecule is Cc1ccc(C)c(C=Nc2cccc(C(C)C)c2O)c1. The highest BCUT2D eigenvalue weighted by molar-refractivity contribution is 5.84. The van der Waals surface area contributed by atoms with Crippen LogP contribution in [0.5, 0.6) is 5.75 Å². The molecule has 2 aromatic carbocycles. The lowest BCUT2D eigenvalue weighted by atomic mass is 10.0. The Kier molecular flexibility index (Phi) is 4.23. The molecule has 2 aromatic rings. The number of hydrogen-bond acceptors (Lipinski definition) is 2. The number of nitrogens with zero attached hydrogens (tertiary/aromatic N) is 1. The van der Waals surface area contributed by atoms with Gasteiger partial charge in [0.1, 0.15) is 11.4 Å². The molecule has 0 amide bonds. The summed E-state index contributed by atoms with van der Waals surface area (Å²) in [7, 11) is 0. The van der Waals surface area contributed by atoms with Gasteiger partial charge in [-0.25, -0.2) is 0 Å². The summed E-state index contributed by atoms with van der Waals surface area (Å²) in [4.78, 5) is 4.45. The van der Waals surface area contributed by atoms with Gasteiger partial charge in [-0.1, -0.05) is 49.7 Å². The van der Waals surface area contributed by atoms with Crippen molar-refractivity contribution in [3.8, 4) is 5.75 Å². The quantitative estimate of drug-likeness (QED) is 0.789. The Morgan fingerprint density at radius 3 is 2.55 bits per heavy atom. The predicted molar refractivity (Wildman–Crippen MR) is 85.4 cm³/mol. The number of phenols is 1. The third-order valence-electron chi connectivity index (χ3n) is 3.45. The second-order valence-corrected chi connectivity index (χ2v) is 5.49. The lowest BCUT2D eigenvalue weighted by Gasteiger charge is -2.09. The van der Waals surface area contributed by atoms with Gasteiger partial charge in [0.25, 0.3) is 0 Å². The second kappa shape index (κ2) is 5.91. The van der Waals surface area contributed by atoms with Crippen LogP contribution in [0.2, 0.25) is 0 Å². The largest absolute Gasteiger partial charge is 0.505 e. The topological polar surface area (TPSA) is 32.6 Å². The molecule has 20 heavy (non-hydrogen) atoms. The number of aryl methyl sites for hydroxylation is 2. The van der Waals surface area contributed by atoms with Crippen LogP contribution in [0.25, 0.3) is 0 Å². The van der Waals surface area contributed by atoms with E-state index in [0.29, 0.717) is 5.69 Å². The van der Waals surface area contributed by atoms with E-state index in [2.05, 4.69) is 50.9 Å². The van der Waals surface area contributed by atoms with Gasteiger partial charge < -0.3 is 5.11 Å². The van der Waals surface area contributed by atoms with E-state index in [0.717, 1.165) is 11.1 Å². The van der Waals surface area contributed by atoms with Gasteiger partial charge in [0.2, 0.25) is 0 Å². The molecule has 0 aliphatic heterocycles. The Bertz CT molecular complexity index is 642. The third-order valence-corrected chi connectivity index (χ3v) is 3.45. The highest BCUT2D eigenvalue weighted by Gasteiger charge is 2.08. The summed E-state index contributed by atoms with van der Waals surface area (Å²) >= 11 is 0. The van der Waals surface area contributed by atoms with Crippen LogP contribution >= 0.6 is 0 Å². The highest BCUT2D eigenvalue weighted by Crippen LogP contribution is 2.34. The van der Waals surface area contributed by atoms with Crippen molar-refractivity contribution in [2.24, 2.45) is 4.99 Å². The van der Waals surface area contributed by atoms with E-state index in [1.165, 1.54) is 11.1 Å². The van der Waals surface area contributed by atoms with Crippen molar-refractivity contribution in [2.45, 2.75) is 33.6 Å². The summed E-state index contributed by atoms with van der Waals surface area (Å²) in [5.74, 6) is 0.565. The van der Waals surface area contributed by atoms with Crippen molar-refractivity contribution in [2.75, 3.05) is 0 Å². The molecule has 2 nitrogen and oxygen atoms in total. The molecule has 2 heteroatoms. The smallest absolute Gasteiger partial charge is 0.144 e. The zero-order valence-electron chi connectivity index (χ0n) is 12.5. The summed E-state index contributed by atoms with van der Waals surface area (Å²) < 4.78 is 0. The number of aliphatic imine (C=N–C) groups is 1. The Labute approximate surface area is 120 Å². The van der Waals surface area contributed by atoms with Crippen LogP contribution in [0.4, 0.5) is 5.69 Å². The van der Waals surface area contributed by atoms with Crippen LogP contribution in [0.1, 0.15) is 42.0 Å². The lowest BCUT2D eigenvalue weighted by Crippen LogP contribution is -1.89. The minimum Gasteiger partial charge on any atom is -0.505 e. The van der Waals surface area contributed by atoms with Gasteiger partial charge in [0.15, 0.2) is 0 Å². The Balaban J connectivity index is 2.37. The van der Waals surface area contributed by atoms with Crippen LogP contribution in [0.15, 0.2) is 41.4 Å². The van der Waals surface area contributed by atoms with Gasteiger partial charge in [-0.15, -0.1) is 0 Å². The van der Waals surface area contributed by atoms with Crippen LogP contribution in [0.3, 0.4) is 0 Å². The van der Waals surface area contributed by atoms with E-state index in [-0.39, 0.29) is 11.7 Å². The summed E-state index contributed by atoms with van der Waals surface area (Å²) in [5.41, 5.74) is 5.02. The average Bonchev–Trinajstić information content (AvgIpc) is 2.41. The van der Waals surface area contributed by atoms with E-state index in [9.17, 15) is 5.11 Å².